The molecule has 0 fully saturated rings. The van der Waals surface area contributed by atoms with E-state index in [-0.39, 0.29) is 0 Å². The zero-order valence-corrected chi connectivity index (χ0v) is 11.1. The Morgan fingerprint density at radius 3 is 2.61 bits per heavy atom. The molecule has 0 aromatic heterocycles. The molecule has 0 unspecified atom stereocenters. The van der Waals surface area contributed by atoms with Gasteiger partial charge in [-0.15, -0.1) is 11.8 Å². The molecule has 0 atom stereocenters. The highest BCUT2D eigenvalue weighted by Crippen LogP contribution is 2.22. The van der Waals surface area contributed by atoms with Gasteiger partial charge in [0, 0.05) is 10.6 Å². The van der Waals surface area contributed by atoms with E-state index in [1.54, 1.807) is 23.9 Å². The van der Waals surface area contributed by atoms with E-state index in [9.17, 15) is 5.11 Å². The highest BCUT2D eigenvalue weighted by atomic mass is 32.2. The standard InChI is InChI=1S/C15H16O2S/c1-12-5-7-14(8-6-12)17-9-10-18-15-4-2-3-13(16)11-15/h2-8,11,16H,9-10H2,1H3. The van der Waals surface area contributed by atoms with Crippen LogP contribution in [0.4, 0.5) is 0 Å². The van der Waals surface area contributed by atoms with Crippen molar-refractivity contribution in [1.29, 1.82) is 0 Å². The first kappa shape index (κ1) is 12.8. The third kappa shape index (κ3) is 4.00. The van der Waals surface area contributed by atoms with E-state index in [2.05, 4.69) is 6.92 Å². The lowest BCUT2D eigenvalue weighted by Gasteiger charge is -2.06. The van der Waals surface area contributed by atoms with E-state index in [0.717, 1.165) is 16.4 Å². The van der Waals surface area contributed by atoms with E-state index in [0.29, 0.717) is 12.4 Å². The summed E-state index contributed by atoms with van der Waals surface area (Å²) in [5.41, 5.74) is 1.23. The second-order valence-electron chi connectivity index (χ2n) is 4.01. The Morgan fingerprint density at radius 1 is 1.11 bits per heavy atom. The number of thioether (sulfide) groups is 1. The molecule has 2 aromatic rings. The molecule has 0 amide bonds. The zero-order valence-electron chi connectivity index (χ0n) is 10.3. The van der Waals surface area contributed by atoms with Crippen molar-refractivity contribution in [3.8, 4) is 11.5 Å². The molecule has 0 saturated heterocycles. The first-order valence-electron chi connectivity index (χ1n) is 5.85. The van der Waals surface area contributed by atoms with Crippen LogP contribution in [0.1, 0.15) is 5.56 Å². The molecule has 18 heavy (non-hydrogen) atoms. The van der Waals surface area contributed by atoms with Gasteiger partial charge < -0.3 is 9.84 Å². The van der Waals surface area contributed by atoms with Crippen molar-refractivity contribution in [3.05, 3.63) is 54.1 Å². The molecule has 0 radical (unpaired) electrons. The summed E-state index contributed by atoms with van der Waals surface area (Å²) < 4.78 is 5.63. The Kier molecular flexibility index (Phi) is 4.53. The summed E-state index contributed by atoms with van der Waals surface area (Å²) in [6.07, 6.45) is 0. The second-order valence-corrected chi connectivity index (χ2v) is 5.18. The number of phenolic OH excluding ortho intramolecular Hbond substituents is 1. The average molecular weight is 260 g/mol. The molecule has 1 N–H and O–H groups in total. The molecule has 2 rings (SSSR count). The Balaban J connectivity index is 1.74. The Labute approximate surface area is 112 Å². The van der Waals surface area contributed by atoms with Gasteiger partial charge in [-0.05, 0) is 37.3 Å². The highest BCUT2D eigenvalue weighted by Gasteiger charge is 1.97. The van der Waals surface area contributed by atoms with Crippen molar-refractivity contribution in [2.75, 3.05) is 12.4 Å². The van der Waals surface area contributed by atoms with E-state index < -0.39 is 0 Å². The second kappa shape index (κ2) is 6.36. The molecule has 0 saturated carbocycles. The molecular formula is C15H16O2S. The van der Waals surface area contributed by atoms with Crippen molar-refractivity contribution >= 4 is 11.8 Å². The molecule has 0 spiro atoms. The third-order valence-electron chi connectivity index (χ3n) is 2.46. The van der Waals surface area contributed by atoms with Crippen LogP contribution >= 0.6 is 11.8 Å². The normalized spacial score (nSPS) is 10.3. The summed E-state index contributed by atoms with van der Waals surface area (Å²) in [6, 6.07) is 15.3. The van der Waals surface area contributed by atoms with Gasteiger partial charge in [0.25, 0.3) is 0 Å². The number of hydrogen-bond acceptors (Lipinski definition) is 3. The van der Waals surface area contributed by atoms with Crippen molar-refractivity contribution in [1.82, 2.24) is 0 Å². The fourth-order valence-electron chi connectivity index (χ4n) is 1.53. The van der Waals surface area contributed by atoms with E-state index in [1.165, 1.54) is 5.56 Å². The van der Waals surface area contributed by atoms with E-state index in [4.69, 9.17) is 4.74 Å². The average Bonchev–Trinajstić information content (AvgIpc) is 2.37. The summed E-state index contributed by atoms with van der Waals surface area (Å²) in [6.45, 7) is 2.71. The van der Waals surface area contributed by atoms with Gasteiger partial charge in [-0.2, -0.15) is 0 Å². The van der Waals surface area contributed by atoms with Crippen LogP contribution in [0.3, 0.4) is 0 Å². The minimum atomic E-state index is 0.305. The van der Waals surface area contributed by atoms with Gasteiger partial charge in [-0.1, -0.05) is 23.8 Å². The highest BCUT2D eigenvalue weighted by molar-refractivity contribution is 7.99. The number of hydrogen-bond donors (Lipinski definition) is 1. The lowest BCUT2D eigenvalue weighted by molar-refractivity contribution is 0.344. The quantitative estimate of drug-likeness (QED) is 0.653. The summed E-state index contributed by atoms with van der Waals surface area (Å²) in [4.78, 5) is 1.06. The molecule has 0 heterocycles. The Hall–Kier alpha value is -1.61. The molecule has 3 heteroatoms. The predicted octanol–water partition coefficient (Wildman–Crippen LogP) is 3.87. The third-order valence-corrected chi connectivity index (χ3v) is 3.42. The monoisotopic (exact) mass is 260 g/mol. The fraction of sp³-hybridized carbons (Fsp3) is 0.200. The number of phenols is 1. The molecule has 0 aliphatic rings. The van der Waals surface area contributed by atoms with Gasteiger partial charge in [0.15, 0.2) is 0 Å². The summed E-state index contributed by atoms with van der Waals surface area (Å²) in [7, 11) is 0. The first-order valence-corrected chi connectivity index (χ1v) is 6.84. The maximum atomic E-state index is 9.33. The SMILES string of the molecule is Cc1ccc(OCCSc2cccc(O)c2)cc1. The van der Waals surface area contributed by atoms with Crippen LogP contribution in [0.5, 0.6) is 11.5 Å². The minimum Gasteiger partial charge on any atom is -0.508 e. The van der Waals surface area contributed by atoms with Crippen LogP contribution in [0, 0.1) is 6.92 Å². The molecule has 0 bridgehead atoms. The van der Waals surface area contributed by atoms with Crippen LogP contribution in [0.25, 0.3) is 0 Å². The van der Waals surface area contributed by atoms with Crippen LogP contribution in [-0.2, 0) is 0 Å². The van der Waals surface area contributed by atoms with Crippen LogP contribution in [0.15, 0.2) is 53.4 Å². The first-order chi connectivity index (χ1) is 8.74. The maximum Gasteiger partial charge on any atom is 0.119 e. The van der Waals surface area contributed by atoms with Crippen molar-refractivity contribution in [2.45, 2.75) is 11.8 Å². The summed E-state index contributed by atoms with van der Waals surface area (Å²) in [5, 5.41) is 9.33. The maximum absolute atomic E-state index is 9.33. The molecule has 0 aliphatic carbocycles. The molecule has 0 aliphatic heterocycles. The van der Waals surface area contributed by atoms with Crippen LogP contribution in [0.2, 0.25) is 0 Å². The number of ether oxygens (including phenoxy) is 1. The molecule has 2 aromatic carbocycles. The molecular weight excluding hydrogens is 244 g/mol. The molecule has 2 nitrogen and oxygen atoms in total. The minimum absolute atomic E-state index is 0.305. The summed E-state index contributed by atoms with van der Waals surface area (Å²) in [5.74, 6) is 2.06. The van der Waals surface area contributed by atoms with Crippen molar-refractivity contribution < 1.29 is 9.84 Å². The Bertz CT molecular complexity index is 494. The number of aryl methyl sites for hydroxylation is 1. The smallest absolute Gasteiger partial charge is 0.119 e. The van der Waals surface area contributed by atoms with Crippen LogP contribution < -0.4 is 4.74 Å². The van der Waals surface area contributed by atoms with Crippen molar-refractivity contribution in [3.63, 3.8) is 0 Å². The largest absolute Gasteiger partial charge is 0.508 e. The fourth-order valence-corrected chi connectivity index (χ4v) is 2.31. The lowest BCUT2D eigenvalue weighted by Crippen LogP contribution is -1.99. The topological polar surface area (TPSA) is 29.5 Å². The van der Waals surface area contributed by atoms with Gasteiger partial charge in [-0.25, -0.2) is 0 Å². The van der Waals surface area contributed by atoms with E-state index in [1.807, 2.05) is 36.4 Å². The van der Waals surface area contributed by atoms with Gasteiger partial charge >= 0.3 is 0 Å². The number of benzene rings is 2. The van der Waals surface area contributed by atoms with Gasteiger partial charge in [0.1, 0.15) is 11.5 Å². The van der Waals surface area contributed by atoms with Gasteiger partial charge in [0.2, 0.25) is 0 Å². The number of rotatable bonds is 5. The van der Waals surface area contributed by atoms with Crippen molar-refractivity contribution in [2.24, 2.45) is 0 Å². The summed E-state index contributed by atoms with van der Waals surface area (Å²) >= 11 is 1.67. The Morgan fingerprint density at radius 2 is 1.89 bits per heavy atom. The van der Waals surface area contributed by atoms with E-state index >= 15 is 0 Å². The molecule has 94 valence electrons. The van der Waals surface area contributed by atoms with Gasteiger partial charge in [0.05, 0.1) is 6.61 Å². The number of aromatic hydroxyl groups is 1. The predicted molar refractivity (Wildman–Crippen MR) is 75.5 cm³/mol. The van der Waals surface area contributed by atoms with Crippen LogP contribution in [-0.4, -0.2) is 17.5 Å². The lowest BCUT2D eigenvalue weighted by atomic mass is 10.2. The van der Waals surface area contributed by atoms with Gasteiger partial charge in [-0.3, -0.25) is 0 Å². The zero-order chi connectivity index (χ0) is 12.8.